The number of nitrogens with zero attached hydrogens (tertiary/aromatic N) is 2. The zero-order valence-corrected chi connectivity index (χ0v) is 10.2. The lowest BCUT2D eigenvalue weighted by Gasteiger charge is -2.20. The van der Waals surface area contributed by atoms with Crippen LogP contribution in [0.15, 0.2) is 11.5 Å². The molecule has 6 nitrogen and oxygen atoms in total. The maximum atomic E-state index is 11.3. The number of H-pyrrole nitrogens is 1. The van der Waals surface area contributed by atoms with Crippen LogP contribution in [0.3, 0.4) is 0 Å². The Hall–Kier alpha value is -1.08. The number of hydrogen-bond acceptors (Lipinski definition) is 6. The van der Waals surface area contributed by atoms with E-state index in [9.17, 15) is 4.79 Å². The van der Waals surface area contributed by atoms with Gasteiger partial charge in [-0.3, -0.25) is 9.89 Å². The normalized spacial score (nSPS) is 14.4. The van der Waals surface area contributed by atoms with Gasteiger partial charge >= 0.3 is 5.97 Å². The summed E-state index contributed by atoms with van der Waals surface area (Å²) in [6.45, 7) is 1.68. The van der Waals surface area contributed by atoms with Gasteiger partial charge in [0.05, 0.1) is 7.11 Å². The number of nitrogens with one attached hydrogen (secondary N) is 1. The Morgan fingerprint density at radius 3 is 3.06 bits per heavy atom. The number of carbonyl (C=O) groups excluding carboxylic acids is 1. The van der Waals surface area contributed by atoms with Crippen molar-refractivity contribution < 1.29 is 9.53 Å². The van der Waals surface area contributed by atoms with E-state index in [1.165, 1.54) is 13.4 Å². The highest BCUT2D eigenvalue weighted by molar-refractivity contribution is 7.99. The molecule has 0 aliphatic carbocycles. The molecular weight excluding hydrogens is 228 g/mol. The maximum absolute atomic E-state index is 11.3. The third kappa shape index (κ3) is 3.82. The molecule has 0 aliphatic heterocycles. The predicted octanol–water partition coefficient (Wildman–Crippen LogP) is 0.567. The van der Waals surface area contributed by atoms with Gasteiger partial charge in [-0.05, 0) is 19.8 Å². The van der Waals surface area contributed by atoms with Crippen LogP contribution in [0.25, 0.3) is 0 Å². The number of thioether (sulfide) groups is 1. The zero-order valence-electron chi connectivity index (χ0n) is 9.40. The third-order valence-electron chi connectivity index (χ3n) is 2.12. The first kappa shape index (κ1) is 13.0. The van der Waals surface area contributed by atoms with Crippen LogP contribution in [0.1, 0.15) is 19.8 Å². The van der Waals surface area contributed by atoms with E-state index in [2.05, 4.69) is 19.9 Å². The Morgan fingerprint density at radius 1 is 1.75 bits per heavy atom. The fourth-order valence-electron chi connectivity index (χ4n) is 1.21. The Balaban J connectivity index is 2.22. The molecule has 7 heteroatoms. The molecule has 1 rings (SSSR count). The molecule has 0 bridgehead atoms. The first-order chi connectivity index (χ1) is 7.56. The van der Waals surface area contributed by atoms with Crippen molar-refractivity contribution in [2.45, 2.75) is 30.5 Å². The van der Waals surface area contributed by atoms with Crippen molar-refractivity contribution in [3.63, 3.8) is 0 Å². The SMILES string of the molecule is COC(=O)C(C)(N)CCCSc1ncn[nH]1. The Labute approximate surface area is 98.3 Å². The van der Waals surface area contributed by atoms with Crippen LogP contribution in [0.4, 0.5) is 0 Å². The molecule has 1 unspecified atom stereocenters. The van der Waals surface area contributed by atoms with Gasteiger partial charge < -0.3 is 10.5 Å². The van der Waals surface area contributed by atoms with E-state index >= 15 is 0 Å². The summed E-state index contributed by atoms with van der Waals surface area (Å²) in [5, 5.41) is 7.26. The second kappa shape index (κ2) is 5.86. The van der Waals surface area contributed by atoms with Crippen molar-refractivity contribution >= 4 is 17.7 Å². The molecule has 1 atom stereocenters. The van der Waals surface area contributed by atoms with E-state index in [4.69, 9.17) is 5.73 Å². The van der Waals surface area contributed by atoms with Crippen molar-refractivity contribution in [3.8, 4) is 0 Å². The summed E-state index contributed by atoms with van der Waals surface area (Å²) in [4.78, 5) is 15.2. The van der Waals surface area contributed by atoms with Gasteiger partial charge in [-0.2, -0.15) is 5.10 Å². The van der Waals surface area contributed by atoms with Crippen molar-refractivity contribution in [2.24, 2.45) is 5.73 Å². The standard InChI is InChI=1S/C9H16N4O2S/c1-9(10,7(14)15-2)4-3-5-16-8-11-6-12-13-8/h6H,3-5,10H2,1-2H3,(H,11,12,13). The van der Waals surface area contributed by atoms with Crippen LogP contribution in [0, 0.1) is 0 Å². The molecule has 0 aromatic carbocycles. The van der Waals surface area contributed by atoms with E-state index in [1.807, 2.05) is 0 Å². The minimum Gasteiger partial charge on any atom is -0.468 e. The molecule has 0 saturated carbocycles. The van der Waals surface area contributed by atoms with E-state index in [1.54, 1.807) is 18.7 Å². The summed E-state index contributed by atoms with van der Waals surface area (Å²) in [6, 6.07) is 0. The quantitative estimate of drug-likeness (QED) is 0.431. The number of ether oxygens (including phenoxy) is 1. The average molecular weight is 244 g/mol. The second-order valence-electron chi connectivity index (χ2n) is 3.65. The van der Waals surface area contributed by atoms with E-state index in [0.717, 1.165) is 17.3 Å². The molecule has 0 fully saturated rings. The molecule has 0 saturated heterocycles. The molecule has 1 aromatic heterocycles. The molecule has 1 aromatic rings. The Bertz CT molecular complexity index is 326. The van der Waals surface area contributed by atoms with Gasteiger partial charge in [0.15, 0.2) is 5.16 Å². The molecule has 0 aliphatic rings. The lowest BCUT2D eigenvalue weighted by Crippen LogP contribution is -2.45. The van der Waals surface area contributed by atoms with Crippen LogP contribution in [-0.2, 0) is 9.53 Å². The van der Waals surface area contributed by atoms with Gasteiger partial charge in [0, 0.05) is 5.75 Å². The molecular formula is C9H16N4O2S. The summed E-state index contributed by atoms with van der Waals surface area (Å²) >= 11 is 1.55. The number of nitrogens with two attached hydrogens (primary N) is 1. The minimum atomic E-state index is -0.906. The zero-order chi connectivity index (χ0) is 12.0. The summed E-state index contributed by atoms with van der Waals surface area (Å²) < 4.78 is 4.62. The molecule has 90 valence electrons. The minimum absolute atomic E-state index is 0.378. The highest BCUT2D eigenvalue weighted by Gasteiger charge is 2.28. The molecule has 1 heterocycles. The van der Waals surface area contributed by atoms with Gasteiger partial charge in [0.25, 0.3) is 0 Å². The number of rotatable bonds is 6. The number of aromatic nitrogens is 3. The van der Waals surface area contributed by atoms with Crippen molar-refractivity contribution in [3.05, 3.63) is 6.33 Å². The van der Waals surface area contributed by atoms with Crippen LogP contribution in [0.2, 0.25) is 0 Å². The van der Waals surface area contributed by atoms with Gasteiger partial charge in [-0.1, -0.05) is 11.8 Å². The smallest absolute Gasteiger partial charge is 0.325 e. The first-order valence-electron chi connectivity index (χ1n) is 4.92. The number of methoxy groups -OCH3 is 1. The van der Waals surface area contributed by atoms with E-state index in [0.29, 0.717) is 6.42 Å². The summed E-state index contributed by atoms with van der Waals surface area (Å²) in [6.07, 6.45) is 2.86. The highest BCUT2D eigenvalue weighted by Crippen LogP contribution is 2.17. The van der Waals surface area contributed by atoms with Crippen molar-refractivity contribution in [1.29, 1.82) is 0 Å². The predicted molar refractivity (Wildman–Crippen MR) is 60.9 cm³/mol. The highest BCUT2D eigenvalue weighted by atomic mass is 32.2. The average Bonchev–Trinajstić information content (AvgIpc) is 2.76. The van der Waals surface area contributed by atoms with Crippen LogP contribution >= 0.6 is 11.8 Å². The van der Waals surface area contributed by atoms with Gasteiger partial charge in [-0.25, -0.2) is 4.98 Å². The van der Waals surface area contributed by atoms with Crippen LogP contribution < -0.4 is 5.73 Å². The van der Waals surface area contributed by atoms with E-state index < -0.39 is 5.54 Å². The molecule has 0 amide bonds. The third-order valence-corrected chi connectivity index (χ3v) is 3.09. The lowest BCUT2D eigenvalue weighted by molar-refractivity contribution is -0.146. The first-order valence-corrected chi connectivity index (χ1v) is 5.90. The number of esters is 1. The second-order valence-corrected chi connectivity index (χ2v) is 4.74. The van der Waals surface area contributed by atoms with Crippen molar-refractivity contribution in [1.82, 2.24) is 15.2 Å². The molecule has 0 spiro atoms. The Kier molecular flexibility index (Phi) is 4.75. The number of aromatic amines is 1. The fraction of sp³-hybridized carbons (Fsp3) is 0.667. The van der Waals surface area contributed by atoms with E-state index in [-0.39, 0.29) is 5.97 Å². The topological polar surface area (TPSA) is 93.9 Å². The summed E-state index contributed by atoms with van der Waals surface area (Å²) in [5.74, 6) is 0.455. The Morgan fingerprint density at radius 2 is 2.50 bits per heavy atom. The van der Waals surface area contributed by atoms with Crippen LogP contribution in [-0.4, -0.2) is 39.6 Å². The maximum Gasteiger partial charge on any atom is 0.325 e. The van der Waals surface area contributed by atoms with Crippen LogP contribution in [0.5, 0.6) is 0 Å². The summed E-state index contributed by atoms with van der Waals surface area (Å²) in [5.41, 5.74) is 4.90. The number of carbonyl (C=O) groups is 1. The summed E-state index contributed by atoms with van der Waals surface area (Å²) in [7, 11) is 1.34. The van der Waals surface area contributed by atoms with Gasteiger partial charge in [-0.15, -0.1) is 0 Å². The largest absolute Gasteiger partial charge is 0.468 e. The molecule has 0 radical (unpaired) electrons. The lowest BCUT2D eigenvalue weighted by atomic mass is 9.98. The number of hydrogen-bond donors (Lipinski definition) is 2. The van der Waals surface area contributed by atoms with Gasteiger partial charge in [0.2, 0.25) is 0 Å². The fourth-order valence-corrected chi connectivity index (χ4v) is 1.93. The van der Waals surface area contributed by atoms with Crippen molar-refractivity contribution in [2.75, 3.05) is 12.9 Å². The molecule has 16 heavy (non-hydrogen) atoms. The van der Waals surface area contributed by atoms with Gasteiger partial charge in [0.1, 0.15) is 11.9 Å². The molecule has 3 N–H and O–H groups in total. The monoisotopic (exact) mass is 244 g/mol.